The number of carbonyl (C=O) groups excluding carboxylic acids is 1. The molecule has 0 unspecified atom stereocenters. The van der Waals surface area contributed by atoms with Gasteiger partial charge >= 0.3 is 0 Å². The van der Waals surface area contributed by atoms with E-state index in [0.29, 0.717) is 26.1 Å². The second-order valence-electron chi connectivity index (χ2n) is 7.07. The Bertz CT molecular complexity index is 867. The molecule has 5 nitrogen and oxygen atoms in total. The second kappa shape index (κ2) is 8.85. The van der Waals surface area contributed by atoms with Crippen molar-refractivity contribution in [2.75, 3.05) is 13.2 Å². The molecule has 0 saturated carbocycles. The van der Waals surface area contributed by atoms with Crippen LogP contribution in [0.3, 0.4) is 0 Å². The lowest BCUT2D eigenvalue weighted by Crippen LogP contribution is -2.29. The van der Waals surface area contributed by atoms with Crippen molar-refractivity contribution in [3.05, 3.63) is 89.2 Å². The molecular weight excluding hydrogens is 350 g/mol. The molecule has 1 aliphatic rings. The van der Waals surface area contributed by atoms with Gasteiger partial charge in [0.25, 0.3) is 0 Å². The monoisotopic (exact) mass is 375 g/mol. The topological polar surface area (TPSA) is 56.2 Å². The molecule has 0 atom stereocenters. The van der Waals surface area contributed by atoms with Gasteiger partial charge < -0.3 is 10.1 Å². The number of nitrogens with zero attached hydrogens (tertiary/aromatic N) is 2. The summed E-state index contributed by atoms with van der Waals surface area (Å²) in [5.74, 6) is 0.110. The number of nitrogens with one attached hydrogen (secondary N) is 1. The lowest BCUT2D eigenvalue weighted by Gasteiger charge is -2.18. The summed E-state index contributed by atoms with van der Waals surface area (Å²) in [6.45, 7) is 2.63. The highest BCUT2D eigenvalue weighted by atomic mass is 16.5. The number of hydrogen-bond acceptors (Lipinski definition) is 3. The molecule has 5 heteroatoms. The number of aromatic nitrogens is 2. The number of ether oxygens (including phenoxy) is 1. The van der Waals surface area contributed by atoms with E-state index in [4.69, 9.17) is 4.74 Å². The quantitative estimate of drug-likeness (QED) is 0.689. The smallest absolute Gasteiger partial charge is 0.221 e. The molecule has 2 aromatic carbocycles. The molecular formula is C23H25N3O2. The Morgan fingerprint density at radius 1 is 1.07 bits per heavy atom. The first kappa shape index (κ1) is 18.4. The number of hydrogen-bond donors (Lipinski definition) is 1. The van der Waals surface area contributed by atoms with Crippen LogP contribution in [0.15, 0.2) is 66.9 Å². The fraction of sp³-hybridized carbons (Fsp3) is 0.304. The number of rotatable bonds is 7. The largest absolute Gasteiger partial charge is 0.376 e. The molecule has 0 spiro atoms. The third kappa shape index (κ3) is 4.31. The van der Waals surface area contributed by atoms with Crippen molar-refractivity contribution in [2.24, 2.45) is 0 Å². The first-order valence-electron chi connectivity index (χ1n) is 9.79. The zero-order chi connectivity index (χ0) is 19.2. The van der Waals surface area contributed by atoms with Crippen LogP contribution in [-0.4, -0.2) is 28.8 Å². The molecule has 1 aromatic heterocycles. The van der Waals surface area contributed by atoms with Gasteiger partial charge in [-0.1, -0.05) is 60.7 Å². The Hall–Kier alpha value is -2.92. The fourth-order valence-electron chi connectivity index (χ4n) is 3.76. The molecule has 1 amide bonds. The van der Waals surface area contributed by atoms with Gasteiger partial charge in [-0.2, -0.15) is 5.10 Å². The van der Waals surface area contributed by atoms with Gasteiger partial charge in [-0.05, 0) is 11.1 Å². The van der Waals surface area contributed by atoms with Crippen molar-refractivity contribution in [1.29, 1.82) is 0 Å². The van der Waals surface area contributed by atoms with Crippen molar-refractivity contribution in [1.82, 2.24) is 15.1 Å². The number of fused-ring (bicyclic) bond motifs is 1. The van der Waals surface area contributed by atoms with Crippen LogP contribution in [0.2, 0.25) is 0 Å². The van der Waals surface area contributed by atoms with E-state index in [0.717, 1.165) is 29.7 Å². The van der Waals surface area contributed by atoms with Crippen molar-refractivity contribution in [3.8, 4) is 0 Å². The first-order chi connectivity index (χ1) is 13.8. The van der Waals surface area contributed by atoms with Crippen LogP contribution < -0.4 is 5.32 Å². The van der Waals surface area contributed by atoms with Gasteiger partial charge in [0.1, 0.15) is 0 Å². The molecule has 1 N–H and O–H groups in total. The minimum Gasteiger partial charge on any atom is -0.376 e. The predicted molar refractivity (Wildman–Crippen MR) is 108 cm³/mol. The summed E-state index contributed by atoms with van der Waals surface area (Å²) < 4.78 is 7.45. The molecule has 3 aromatic rings. The molecule has 0 bridgehead atoms. The maximum Gasteiger partial charge on any atom is 0.221 e. The van der Waals surface area contributed by atoms with Crippen LogP contribution >= 0.6 is 0 Å². The highest BCUT2D eigenvalue weighted by Crippen LogP contribution is 2.27. The highest BCUT2D eigenvalue weighted by Gasteiger charge is 2.18. The number of benzene rings is 2. The van der Waals surface area contributed by atoms with Crippen LogP contribution in [0.5, 0.6) is 0 Å². The standard InChI is InChI=1S/C23H25N3O2/c27-23(24-12-13-26-22-11-14-28-17-20(22)16-25-26)15-21(18-7-3-1-4-8-18)19-9-5-2-6-10-19/h1-10,16,21H,11-15,17H2,(H,24,27). The summed E-state index contributed by atoms with van der Waals surface area (Å²) in [6.07, 6.45) is 3.18. The van der Waals surface area contributed by atoms with Crippen LogP contribution in [0, 0.1) is 0 Å². The minimum absolute atomic E-state index is 0.0528. The summed E-state index contributed by atoms with van der Waals surface area (Å²) >= 11 is 0. The molecule has 4 rings (SSSR count). The van der Waals surface area contributed by atoms with Gasteiger partial charge in [-0.15, -0.1) is 0 Å². The zero-order valence-electron chi connectivity index (χ0n) is 15.9. The summed E-state index contributed by atoms with van der Waals surface area (Å²) in [6, 6.07) is 20.4. The van der Waals surface area contributed by atoms with Crippen LogP contribution in [0.1, 0.15) is 34.7 Å². The maximum atomic E-state index is 12.7. The molecule has 0 saturated heterocycles. The third-order valence-electron chi connectivity index (χ3n) is 5.22. The Balaban J connectivity index is 1.38. The molecule has 28 heavy (non-hydrogen) atoms. The second-order valence-corrected chi connectivity index (χ2v) is 7.07. The summed E-state index contributed by atoms with van der Waals surface area (Å²) in [4.78, 5) is 12.7. The van der Waals surface area contributed by atoms with Crippen molar-refractivity contribution < 1.29 is 9.53 Å². The SMILES string of the molecule is O=C(CC(c1ccccc1)c1ccccc1)NCCn1ncc2c1CCOC2. The van der Waals surface area contributed by atoms with Crippen LogP contribution in [-0.2, 0) is 29.1 Å². The third-order valence-corrected chi connectivity index (χ3v) is 5.22. The average molecular weight is 375 g/mol. The number of carbonyl (C=O) groups is 1. The van der Waals surface area contributed by atoms with E-state index in [9.17, 15) is 4.79 Å². The lowest BCUT2D eigenvalue weighted by molar-refractivity contribution is -0.121. The average Bonchev–Trinajstić information content (AvgIpc) is 3.16. The van der Waals surface area contributed by atoms with Crippen molar-refractivity contribution in [2.45, 2.75) is 31.9 Å². The first-order valence-corrected chi connectivity index (χ1v) is 9.79. The van der Waals surface area contributed by atoms with Gasteiger partial charge in [-0.25, -0.2) is 0 Å². The molecule has 144 valence electrons. The summed E-state index contributed by atoms with van der Waals surface area (Å²) in [7, 11) is 0. The normalized spacial score (nSPS) is 13.3. The van der Waals surface area contributed by atoms with E-state index >= 15 is 0 Å². The minimum atomic E-state index is 0.0528. The van der Waals surface area contributed by atoms with E-state index in [1.54, 1.807) is 0 Å². The fourth-order valence-corrected chi connectivity index (χ4v) is 3.76. The van der Waals surface area contributed by atoms with E-state index in [-0.39, 0.29) is 11.8 Å². The Labute approximate surface area is 165 Å². The van der Waals surface area contributed by atoms with Gasteiger partial charge in [0.2, 0.25) is 5.91 Å². The summed E-state index contributed by atoms with van der Waals surface area (Å²) in [5.41, 5.74) is 4.70. The molecule has 0 fully saturated rings. The Kier molecular flexibility index (Phi) is 5.83. The van der Waals surface area contributed by atoms with E-state index < -0.39 is 0 Å². The predicted octanol–water partition coefficient (Wildman–Crippen LogP) is 3.29. The van der Waals surface area contributed by atoms with Crippen LogP contribution in [0.4, 0.5) is 0 Å². The van der Waals surface area contributed by atoms with Crippen molar-refractivity contribution >= 4 is 5.91 Å². The molecule has 1 aliphatic heterocycles. The summed E-state index contributed by atoms with van der Waals surface area (Å²) in [5, 5.41) is 7.50. The maximum absolute atomic E-state index is 12.7. The molecule has 0 aliphatic carbocycles. The van der Waals surface area contributed by atoms with E-state index in [1.165, 1.54) is 5.69 Å². The highest BCUT2D eigenvalue weighted by molar-refractivity contribution is 5.77. The molecule has 2 heterocycles. The lowest BCUT2D eigenvalue weighted by atomic mass is 9.88. The van der Waals surface area contributed by atoms with Gasteiger partial charge in [0.05, 0.1) is 26.0 Å². The van der Waals surface area contributed by atoms with Crippen molar-refractivity contribution in [3.63, 3.8) is 0 Å². The zero-order valence-corrected chi connectivity index (χ0v) is 15.9. The van der Waals surface area contributed by atoms with Crippen LogP contribution in [0.25, 0.3) is 0 Å². The van der Waals surface area contributed by atoms with E-state index in [1.807, 2.05) is 47.3 Å². The Morgan fingerprint density at radius 2 is 1.75 bits per heavy atom. The Morgan fingerprint density at radius 3 is 2.43 bits per heavy atom. The van der Waals surface area contributed by atoms with E-state index in [2.05, 4.69) is 34.7 Å². The number of amides is 1. The van der Waals surface area contributed by atoms with Gasteiger partial charge in [0.15, 0.2) is 0 Å². The molecule has 0 radical (unpaired) electrons. The van der Waals surface area contributed by atoms with Gasteiger partial charge in [0, 0.05) is 36.6 Å². The van der Waals surface area contributed by atoms with Gasteiger partial charge in [-0.3, -0.25) is 9.48 Å².